The van der Waals surface area contributed by atoms with Gasteiger partial charge in [0.1, 0.15) is 19.0 Å². The fraction of sp³-hybridized carbons (Fsp3) is 0.269. The largest absolute Gasteiger partial charge is 0.493 e. The number of carbonyl (C=O) groups is 3. The number of aromatic nitrogens is 2. The first-order valence-corrected chi connectivity index (χ1v) is 11.1. The summed E-state index contributed by atoms with van der Waals surface area (Å²) < 4.78 is 16.0. The van der Waals surface area contributed by atoms with Gasteiger partial charge < -0.3 is 19.5 Å². The van der Waals surface area contributed by atoms with E-state index in [0.29, 0.717) is 53.7 Å². The fourth-order valence-corrected chi connectivity index (χ4v) is 3.06. The Labute approximate surface area is 203 Å². The maximum atomic E-state index is 12.1. The topological polar surface area (TPSA) is 117 Å². The van der Waals surface area contributed by atoms with Gasteiger partial charge in [0.15, 0.2) is 0 Å². The minimum absolute atomic E-state index is 0.0141. The molecular weight excluding hydrogens is 450 g/mol. The number of pyridine rings is 2. The predicted octanol–water partition coefficient (Wildman–Crippen LogP) is 3.47. The quantitative estimate of drug-likeness (QED) is 0.330. The molecular formula is C26H27N3O6. The number of nitrogens with one attached hydrogen (secondary N) is 1. The molecule has 0 unspecified atom stereocenters. The Morgan fingerprint density at radius 2 is 1.49 bits per heavy atom. The van der Waals surface area contributed by atoms with E-state index in [1.54, 1.807) is 42.5 Å². The number of amides is 1. The molecule has 3 aromatic rings. The number of benzene rings is 1. The van der Waals surface area contributed by atoms with Crippen molar-refractivity contribution < 1.29 is 28.6 Å². The highest BCUT2D eigenvalue weighted by atomic mass is 16.5. The van der Waals surface area contributed by atoms with Crippen LogP contribution in [0, 0.1) is 0 Å². The molecule has 9 heteroatoms. The summed E-state index contributed by atoms with van der Waals surface area (Å²) >= 11 is 0. The van der Waals surface area contributed by atoms with Gasteiger partial charge in [0.05, 0.1) is 29.4 Å². The number of esters is 2. The number of hydrogen-bond donors (Lipinski definition) is 1. The highest BCUT2D eigenvalue weighted by Gasteiger charge is 2.10. The third kappa shape index (κ3) is 8.54. The maximum absolute atomic E-state index is 12.1. The third-order valence-electron chi connectivity index (χ3n) is 4.68. The van der Waals surface area contributed by atoms with Crippen molar-refractivity contribution in [2.24, 2.45) is 0 Å². The molecule has 9 nitrogen and oxygen atoms in total. The molecule has 0 saturated heterocycles. The molecule has 1 aromatic carbocycles. The van der Waals surface area contributed by atoms with Crippen LogP contribution in [0.2, 0.25) is 0 Å². The van der Waals surface area contributed by atoms with E-state index in [-0.39, 0.29) is 19.1 Å². The van der Waals surface area contributed by atoms with E-state index in [2.05, 4.69) is 15.3 Å². The van der Waals surface area contributed by atoms with Crippen LogP contribution in [0.4, 0.5) is 0 Å². The first-order valence-electron chi connectivity index (χ1n) is 11.1. The molecule has 0 aliphatic carbocycles. The van der Waals surface area contributed by atoms with Crippen LogP contribution in [-0.2, 0) is 32.3 Å². The number of carbonyl (C=O) groups excluding carboxylic acids is 3. The van der Waals surface area contributed by atoms with Crippen molar-refractivity contribution in [3.8, 4) is 17.1 Å². The first-order chi connectivity index (χ1) is 16.9. The summed E-state index contributed by atoms with van der Waals surface area (Å²) in [5, 5.41) is 2.86. The van der Waals surface area contributed by atoms with Crippen LogP contribution in [0.1, 0.15) is 42.0 Å². The normalized spacial score (nSPS) is 10.3. The lowest BCUT2D eigenvalue weighted by atomic mass is 10.2. The van der Waals surface area contributed by atoms with Gasteiger partial charge in [0.2, 0.25) is 0 Å². The number of nitrogens with zero attached hydrogens (tertiary/aromatic N) is 2. The lowest BCUT2D eigenvalue weighted by Crippen LogP contribution is -2.25. The molecule has 0 atom stereocenters. The molecule has 1 N–H and O–H groups in total. The van der Waals surface area contributed by atoms with Crippen LogP contribution < -0.4 is 10.1 Å². The Morgan fingerprint density at radius 1 is 0.800 bits per heavy atom. The van der Waals surface area contributed by atoms with Crippen LogP contribution in [0.5, 0.6) is 5.75 Å². The minimum Gasteiger partial charge on any atom is -0.493 e. The maximum Gasteiger partial charge on any atom is 0.303 e. The Hall–Kier alpha value is -4.27. The van der Waals surface area contributed by atoms with Gasteiger partial charge in [-0.3, -0.25) is 14.4 Å². The van der Waals surface area contributed by atoms with Gasteiger partial charge in [-0.2, -0.15) is 0 Å². The van der Waals surface area contributed by atoms with Crippen LogP contribution in [0.3, 0.4) is 0 Å². The van der Waals surface area contributed by atoms with Crippen molar-refractivity contribution in [3.05, 3.63) is 77.6 Å². The Balaban J connectivity index is 1.65. The van der Waals surface area contributed by atoms with Crippen LogP contribution >= 0.6 is 0 Å². The Morgan fingerprint density at radius 3 is 2.20 bits per heavy atom. The molecule has 0 spiro atoms. The lowest BCUT2D eigenvalue weighted by molar-refractivity contribution is -0.143. The van der Waals surface area contributed by atoms with E-state index in [9.17, 15) is 14.4 Å². The third-order valence-corrected chi connectivity index (χ3v) is 4.68. The van der Waals surface area contributed by atoms with Crippen LogP contribution in [0.25, 0.3) is 11.4 Å². The highest BCUT2D eigenvalue weighted by Crippen LogP contribution is 2.23. The summed E-state index contributed by atoms with van der Waals surface area (Å²) in [6, 6.07) is 17.7. The summed E-state index contributed by atoms with van der Waals surface area (Å²) in [7, 11) is 0. The smallest absolute Gasteiger partial charge is 0.303 e. The van der Waals surface area contributed by atoms with Gasteiger partial charge in [-0.1, -0.05) is 24.3 Å². The van der Waals surface area contributed by atoms with Gasteiger partial charge in [-0.15, -0.1) is 0 Å². The fourth-order valence-electron chi connectivity index (χ4n) is 3.06. The summed E-state index contributed by atoms with van der Waals surface area (Å²) in [4.78, 5) is 43.5. The molecule has 1 amide bonds. The molecule has 35 heavy (non-hydrogen) atoms. The molecule has 0 bridgehead atoms. The van der Waals surface area contributed by atoms with Crippen molar-refractivity contribution in [2.75, 3.05) is 13.2 Å². The zero-order valence-electron chi connectivity index (χ0n) is 19.7. The number of ether oxygens (including phenoxy) is 3. The molecule has 0 fully saturated rings. The van der Waals surface area contributed by atoms with Crippen molar-refractivity contribution in [1.82, 2.24) is 15.3 Å². The Bertz CT molecular complexity index is 1170. The average Bonchev–Trinajstić information content (AvgIpc) is 2.86. The van der Waals surface area contributed by atoms with E-state index in [1.165, 1.54) is 13.8 Å². The second-order valence-corrected chi connectivity index (χ2v) is 7.58. The molecule has 2 heterocycles. The second-order valence-electron chi connectivity index (χ2n) is 7.58. The van der Waals surface area contributed by atoms with E-state index >= 15 is 0 Å². The molecule has 0 aliphatic heterocycles. The van der Waals surface area contributed by atoms with E-state index < -0.39 is 11.9 Å². The summed E-state index contributed by atoms with van der Waals surface area (Å²) in [5.74, 6) is -0.427. The molecule has 0 radical (unpaired) electrons. The van der Waals surface area contributed by atoms with Gasteiger partial charge in [0.25, 0.3) is 5.91 Å². The summed E-state index contributed by atoms with van der Waals surface area (Å²) in [6.07, 6.45) is 0.589. The molecule has 3 rings (SSSR count). The molecule has 2 aromatic heterocycles. The van der Waals surface area contributed by atoms with Crippen molar-refractivity contribution in [1.29, 1.82) is 0 Å². The molecule has 0 aliphatic rings. The Kier molecular flexibility index (Phi) is 9.30. The van der Waals surface area contributed by atoms with Crippen LogP contribution in [0.15, 0.2) is 60.7 Å². The van der Waals surface area contributed by atoms with Crippen molar-refractivity contribution in [3.63, 3.8) is 0 Å². The summed E-state index contributed by atoms with van der Waals surface area (Å²) in [6.45, 7) is 3.50. The van der Waals surface area contributed by atoms with Gasteiger partial charge >= 0.3 is 11.9 Å². The zero-order valence-corrected chi connectivity index (χ0v) is 19.7. The number of rotatable bonds is 11. The SMILES string of the molecule is CC(=O)OCc1cccc(-c2cc(OCCCNC(=O)c3ccccc3)cc(COC(C)=O)n2)n1. The van der Waals surface area contributed by atoms with E-state index in [4.69, 9.17) is 14.2 Å². The van der Waals surface area contributed by atoms with E-state index in [0.717, 1.165) is 0 Å². The average molecular weight is 478 g/mol. The van der Waals surface area contributed by atoms with E-state index in [1.807, 2.05) is 18.2 Å². The van der Waals surface area contributed by atoms with Crippen molar-refractivity contribution >= 4 is 17.8 Å². The van der Waals surface area contributed by atoms with Crippen molar-refractivity contribution in [2.45, 2.75) is 33.5 Å². The van der Waals surface area contributed by atoms with Gasteiger partial charge in [0, 0.05) is 38.1 Å². The predicted molar refractivity (Wildman–Crippen MR) is 127 cm³/mol. The van der Waals surface area contributed by atoms with Crippen LogP contribution in [-0.4, -0.2) is 41.0 Å². The first kappa shape index (κ1) is 25.4. The molecule has 182 valence electrons. The van der Waals surface area contributed by atoms with Gasteiger partial charge in [-0.25, -0.2) is 9.97 Å². The van der Waals surface area contributed by atoms with Gasteiger partial charge in [-0.05, 0) is 30.7 Å². The minimum atomic E-state index is -0.421. The highest BCUT2D eigenvalue weighted by molar-refractivity contribution is 5.94. The summed E-state index contributed by atoms with van der Waals surface area (Å²) in [5.41, 5.74) is 2.75. The monoisotopic (exact) mass is 477 g/mol. The standard InChI is InChI=1S/C26H27N3O6/c1-18(30)34-16-21-10-6-11-24(28-21)25-15-23(14-22(29-25)17-35-19(2)31)33-13-7-12-27-26(32)20-8-4-3-5-9-20/h3-6,8-11,14-15H,7,12-13,16-17H2,1-2H3,(H,27,32). The number of hydrogen-bond acceptors (Lipinski definition) is 8. The molecule has 0 saturated carbocycles. The second kappa shape index (κ2) is 12.8. The lowest BCUT2D eigenvalue weighted by Gasteiger charge is -2.12. The zero-order chi connectivity index (χ0) is 25.0.